The third-order valence-electron chi connectivity index (χ3n) is 11.5. The van der Waals surface area contributed by atoms with Crippen molar-refractivity contribution in [3.05, 3.63) is 0 Å². The monoisotopic (exact) mass is 465 g/mol. The quantitative estimate of drug-likeness (QED) is 0.512. The van der Waals surface area contributed by atoms with Gasteiger partial charge in [-0.25, -0.2) is 0 Å². The van der Waals surface area contributed by atoms with Crippen molar-refractivity contribution in [1.82, 2.24) is 0 Å². The molecule has 1 unspecified atom stereocenters. The summed E-state index contributed by atoms with van der Waals surface area (Å²) in [6.45, 7) is 15.5. The van der Waals surface area contributed by atoms with E-state index in [-0.39, 0.29) is 35.6 Å². The van der Waals surface area contributed by atoms with Crippen LogP contribution in [-0.4, -0.2) is 48.0 Å². The lowest BCUT2D eigenvalue weighted by Gasteiger charge is -2.57. The molecule has 5 heteroatoms. The molecule has 0 aromatic rings. The van der Waals surface area contributed by atoms with Crippen LogP contribution in [0.2, 0.25) is 0 Å². The van der Waals surface area contributed by atoms with Crippen LogP contribution in [0.1, 0.15) is 86.5 Å². The van der Waals surface area contributed by atoms with Crippen LogP contribution in [-0.2, 0) is 9.47 Å². The molecule has 1 saturated heterocycles. The number of aliphatic hydroxyl groups excluding tert-OH is 2. The van der Waals surface area contributed by atoms with Gasteiger partial charge in [0.25, 0.3) is 0 Å². The summed E-state index contributed by atoms with van der Waals surface area (Å²) in [5.41, 5.74) is 6.82. The highest BCUT2D eigenvalue weighted by atomic mass is 16.7. The lowest BCUT2D eigenvalue weighted by atomic mass is 9.48. The Hall–Kier alpha value is -0.200. The fourth-order valence-electron chi connectivity index (χ4n) is 8.97. The Labute approximate surface area is 202 Å². The van der Waals surface area contributed by atoms with Crippen molar-refractivity contribution < 1.29 is 19.7 Å². The molecule has 4 rings (SSSR count). The minimum atomic E-state index is -0.491. The van der Waals surface area contributed by atoms with Gasteiger partial charge in [0, 0.05) is 12.5 Å². The lowest BCUT2D eigenvalue weighted by Crippen LogP contribution is -2.54. The van der Waals surface area contributed by atoms with Gasteiger partial charge in [-0.2, -0.15) is 0 Å². The molecule has 3 saturated carbocycles. The van der Waals surface area contributed by atoms with E-state index < -0.39 is 5.79 Å². The summed E-state index contributed by atoms with van der Waals surface area (Å²) in [5.74, 6) is 2.61. The first kappa shape index (κ1) is 25.9. The zero-order valence-electron chi connectivity index (χ0n) is 22.1. The smallest absolute Gasteiger partial charge is 0.168 e. The molecule has 4 fully saturated rings. The first-order chi connectivity index (χ1) is 15.5. The number of fused-ring (bicyclic) bond motifs is 3. The van der Waals surface area contributed by atoms with E-state index in [1.54, 1.807) is 0 Å². The van der Waals surface area contributed by atoms with Gasteiger partial charge in [0.1, 0.15) is 0 Å². The number of rotatable bonds is 7. The lowest BCUT2D eigenvalue weighted by molar-refractivity contribution is -0.240. The second-order valence-electron chi connectivity index (χ2n) is 13.0. The Balaban J connectivity index is 1.55. The minimum absolute atomic E-state index is 0.0530. The Bertz CT molecular complexity index is 689. The van der Waals surface area contributed by atoms with E-state index in [9.17, 15) is 10.2 Å². The molecule has 1 aliphatic heterocycles. The number of nitrogens with two attached hydrogens (primary N) is 1. The molecule has 1 heterocycles. The standard InChI is InChI=1S/C28H51NO4/c1-7-17(2)16-32-28(6)18(3)25-24(33-28)13-23-21(14-29)22(9-11-27(23,25)5)26(4)10-8-20(31)12-19(26)15-30/h17-25,30-31H,7-16,29H2,1-6H3/t17?,18-,19+,20-,21+,22-,23-,24-,25-,26-,27-,28+/m0/s1. The van der Waals surface area contributed by atoms with Gasteiger partial charge in [0.2, 0.25) is 0 Å². The number of aliphatic hydroxyl groups is 2. The van der Waals surface area contributed by atoms with Crippen LogP contribution in [0.15, 0.2) is 0 Å². The van der Waals surface area contributed by atoms with Gasteiger partial charge in [0.15, 0.2) is 5.79 Å². The van der Waals surface area contributed by atoms with Gasteiger partial charge in [-0.15, -0.1) is 0 Å². The number of hydrogen-bond donors (Lipinski definition) is 3. The maximum Gasteiger partial charge on any atom is 0.168 e. The molecule has 0 spiro atoms. The van der Waals surface area contributed by atoms with Gasteiger partial charge in [-0.1, -0.05) is 41.0 Å². The summed E-state index contributed by atoms with van der Waals surface area (Å²) in [4.78, 5) is 0. The molecule has 3 aliphatic carbocycles. The SMILES string of the molecule is CCC(C)CO[C@]1(C)O[C@H]2C[C@H]3[C@H](CN)[C@@H]([C@@]4(C)CC[C@H](O)C[C@@H]4CO)CC[C@]3(C)[C@H]2[C@@H]1C. The van der Waals surface area contributed by atoms with E-state index in [0.29, 0.717) is 42.1 Å². The Morgan fingerprint density at radius 2 is 1.79 bits per heavy atom. The maximum atomic E-state index is 10.3. The topological polar surface area (TPSA) is 84.9 Å². The van der Waals surface area contributed by atoms with Crippen LogP contribution in [0.25, 0.3) is 0 Å². The van der Waals surface area contributed by atoms with Crippen molar-refractivity contribution in [1.29, 1.82) is 0 Å². The Kier molecular flexibility index (Phi) is 7.33. The largest absolute Gasteiger partial charge is 0.396 e. The van der Waals surface area contributed by atoms with Gasteiger partial charge in [-0.3, -0.25) is 0 Å². The van der Waals surface area contributed by atoms with Crippen molar-refractivity contribution in [2.45, 2.75) is 104 Å². The summed E-state index contributed by atoms with van der Waals surface area (Å²) in [7, 11) is 0. The van der Waals surface area contributed by atoms with Crippen LogP contribution < -0.4 is 5.73 Å². The molecule has 0 aromatic heterocycles. The molecule has 0 bridgehead atoms. The zero-order chi connectivity index (χ0) is 24.2. The minimum Gasteiger partial charge on any atom is -0.396 e. The third kappa shape index (κ3) is 4.12. The van der Waals surface area contributed by atoms with E-state index in [0.717, 1.165) is 38.7 Å². The summed E-state index contributed by atoms with van der Waals surface area (Å²) in [6, 6.07) is 0. The summed E-state index contributed by atoms with van der Waals surface area (Å²) in [5, 5.41) is 20.5. The summed E-state index contributed by atoms with van der Waals surface area (Å²) >= 11 is 0. The van der Waals surface area contributed by atoms with Crippen molar-refractivity contribution >= 4 is 0 Å². The average molecular weight is 466 g/mol. The Morgan fingerprint density at radius 1 is 1.09 bits per heavy atom. The van der Waals surface area contributed by atoms with Gasteiger partial charge < -0.3 is 25.4 Å². The van der Waals surface area contributed by atoms with Crippen molar-refractivity contribution in [2.24, 2.45) is 58.0 Å². The summed E-state index contributed by atoms with van der Waals surface area (Å²) in [6.07, 6.45) is 7.11. The molecular formula is C28H51NO4. The van der Waals surface area contributed by atoms with Gasteiger partial charge >= 0.3 is 0 Å². The van der Waals surface area contributed by atoms with Crippen LogP contribution in [0.4, 0.5) is 0 Å². The molecule has 5 nitrogen and oxygen atoms in total. The Morgan fingerprint density at radius 3 is 2.42 bits per heavy atom. The van der Waals surface area contributed by atoms with Crippen LogP contribution in [0.3, 0.4) is 0 Å². The van der Waals surface area contributed by atoms with E-state index >= 15 is 0 Å². The van der Waals surface area contributed by atoms with E-state index in [1.807, 2.05) is 0 Å². The molecule has 192 valence electrons. The van der Waals surface area contributed by atoms with Crippen LogP contribution in [0, 0.1) is 52.3 Å². The summed E-state index contributed by atoms with van der Waals surface area (Å²) < 4.78 is 13.2. The van der Waals surface area contributed by atoms with Crippen molar-refractivity contribution in [3.8, 4) is 0 Å². The average Bonchev–Trinajstić information content (AvgIpc) is 3.22. The van der Waals surface area contributed by atoms with E-state index in [4.69, 9.17) is 15.2 Å². The van der Waals surface area contributed by atoms with Crippen molar-refractivity contribution in [2.75, 3.05) is 19.8 Å². The van der Waals surface area contributed by atoms with Gasteiger partial charge in [-0.05, 0) is 98.3 Å². The second kappa shape index (κ2) is 9.35. The zero-order valence-corrected chi connectivity index (χ0v) is 22.1. The molecular weight excluding hydrogens is 414 g/mol. The highest BCUT2D eigenvalue weighted by Crippen LogP contribution is 2.68. The fraction of sp³-hybridized carbons (Fsp3) is 1.00. The van der Waals surface area contributed by atoms with E-state index in [2.05, 4.69) is 41.5 Å². The predicted octanol–water partition coefficient (Wildman–Crippen LogP) is 4.59. The highest BCUT2D eigenvalue weighted by Gasteiger charge is 2.67. The fourth-order valence-corrected chi connectivity index (χ4v) is 8.97. The number of hydrogen-bond acceptors (Lipinski definition) is 5. The van der Waals surface area contributed by atoms with Gasteiger partial charge in [0.05, 0.1) is 18.8 Å². The van der Waals surface area contributed by atoms with Crippen LogP contribution in [0.5, 0.6) is 0 Å². The van der Waals surface area contributed by atoms with Crippen LogP contribution >= 0.6 is 0 Å². The molecule has 12 atom stereocenters. The second-order valence-corrected chi connectivity index (χ2v) is 13.0. The normalized spacial score (nSPS) is 53.0. The molecule has 33 heavy (non-hydrogen) atoms. The van der Waals surface area contributed by atoms with E-state index in [1.165, 1.54) is 12.8 Å². The molecule has 0 radical (unpaired) electrons. The predicted molar refractivity (Wildman–Crippen MR) is 131 cm³/mol. The third-order valence-corrected chi connectivity index (χ3v) is 11.5. The molecule has 0 aromatic carbocycles. The first-order valence-electron chi connectivity index (χ1n) is 13.8. The highest BCUT2D eigenvalue weighted by molar-refractivity contribution is 5.13. The molecule has 4 aliphatic rings. The first-order valence-corrected chi connectivity index (χ1v) is 13.8. The molecule has 0 amide bonds. The van der Waals surface area contributed by atoms with Crippen molar-refractivity contribution in [3.63, 3.8) is 0 Å². The maximum absolute atomic E-state index is 10.3. The number of ether oxygens (including phenoxy) is 2. The molecule has 4 N–H and O–H groups in total.